The second-order valence-electron chi connectivity index (χ2n) is 3.08. The Morgan fingerprint density at radius 2 is 2.23 bits per heavy atom. The van der Waals surface area contributed by atoms with Crippen LogP contribution in [0.15, 0.2) is 0 Å². The molecule has 13 heavy (non-hydrogen) atoms. The fraction of sp³-hybridized carbons (Fsp3) is 0.857. The van der Waals surface area contributed by atoms with E-state index in [0.29, 0.717) is 6.54 Å². The maximum Gasteiger partial charge on any atom is 0.322 e. The lowest BCUT2D eigenvalue weighted by Gasteiger charge is -2.36. The summed E-state index contributed by atoms with van der Waals surface area (Å²) in [7, 11) is -2.25. The summed E-state index contributed by atoms with van der Waals surface area (Å²) in [5.74, 6) is -1.26. The third kappa shape index (κ3) is 2.19. The van der Waals surface area contributed by atoms with Gasteiger partial charge >= 0.3 is 5.97 Å². The molecule has 0 aliphatic carbocycles. The van der Waals surface area contributed by atoms with E-state index in [1.807, 2.05) is 6.92 Å². The zero-order chi connectivity index (χ0) is 10.1. The zero-order valence-electron chi connectivity index (χ0n) is 7.69. The van der Waals surface area contributed by atoms with Crippen LogP contribution in [0.1, 0.15) is 13.3 Å². The van der Waals surface area contributed by atoms with E-state index in [-0.39, 0.29) is 6.04 Å². The molecule has 0 radical (unpaired) electrons. The molecule has 1 atom stereocenters. The Morgan fingerprint density at radius 3 is 2.54 bits per heavy atom. The van der Waals surface area contributed by atoms with Gasteiger partial charge in [-0.3, -0.25) is 4.79 Å². The van der Waals surface area contributed by atoms with Crippen LogP contribution in [0.25, 0.3) is 0 Å². The topological polar surface area (TPSA) is 63.7 Å². The molecular formula is C7H13NO4S. The molecule has 0 N–H and O–H groups in total. The molecule has 1 aliphatic heterocycles. The number of hydrogen-bond donors (Lipinski definition) is 0. The van der Waals surface area contributed by atoms with Gasteiger partial charge in [0.1, 0.15) is 0 Å². The Hall–Kier alpha value is -0.620. The minimum absolute atomic E-state index is 0.0228. The van der Waals surface area contributed by atoms with Crippen molar-refractivity contribution in [2.75, 3.05) is 19.4 Å². The van der Waals surface area contributed by atoms with Crippen LogP contribution in [-0.4, -0.2) is 44.1 Å². The predicted octanol–water partition coefficient (Wildman–Crippen LogP) is -0.417. The van der Waals surface area contributed by atoms with E-state index in [1.165, 1.54) is 11.4 Å². The van der Waals surface area contributed by atoms with Crippen LogP contribution in [-0.2, 0) is 19.6 Å². The smallest absolute Gasteiger partial charge is 0.322 e. The Labute approximate surface area is 77.7 Å². The molecule has 76 valence electrons. The molecule has 5 nitrogen and oxygen atoms in total. The summed E-state index contributed by atoms with van der Waals surface area (Å²) < 4.78 is 28.5. The monoisotopic (exact) mass is 207 g/mol. The van der Waals surface area contributed by atoms with E-state index in [9.17, 15) is 13.2 Å². The minimum atomic E-state index is -3.43. The number of esters is 1. The van der Waals surface area contributed by atoms with E-state index in [4.69, 9.17) is 0 Å². The Balaban J connectivity index is 2.61. The van der Waals surface area contributed by atoms with Gasteiger partial charge in [-0.05, 0) is 13.3 Å². The molecule has 1 rings (SSSR count). The first-order valence-corrected chi connectivity index (χ1v) is 5.64. The normalized spacial score (nSPS) is 23.7. The third-order valence-electron chi connectivity index (χ3n) is 2.14. The summed E-state index contributed by atoms with van der Waals surface area (Å²) in [6.45, 7) is 2.33. The van der Waals surface area contributed by atoms with Crippen LogP contribution >= 0.6 is 0 Å². The first-order chi connectivity index (χ1) is 5.97. The molecule has 0 aromatic rings. The molecule has 1 aliphatic rings. The van der Waals surface area contributed by atoms with Crippen molar-refractivity contribution >= 4 is 16.0 Å². The van der Waals surface area contributed by atoms with E-state index in [2.05, 4.69) is 4.74 Å². The molecule has 1 saturated heterocycles. The van der Waals surface area contributed by atoms with E-state index in [1.54, 1.807) is 0 Å². The van der Waals surface area contributed by atoms with Crippen LogP contribution < -0.4 is 0 Å². The summed E-state index contributed by atoms with van der Waals surface area (Å²) in [6.07, 6.45) is 0.862. The minimum Gasteiger partial charge on any atom is -0.468 e. The summed E-state index contributed by atoms with van der Waals surface area (Å²) in [4.78, 5) is 10.8. The van der Waals surface area contributed by atoms with E-state index in [0.717, 1.165) is 6.42 Å². The van der Waals surface area contributed by atoms with Gasteiger partial charge in [-0.15, -0.1) is 0 Å². The van der Waals surface area contributed by atoms with Crippen molar-refractivity contribution in [2.45, 2.75) is 19.4 Å². The van der Waals surface area contributed by atoms with Crippen LogP contribution in [0, 0.1) is 0 Å². The molecule has 1 heterocycles. The number of hydrogen-bond acceptors (Lipinski definition) is 4. The van der Waals surface area contributed by atoms with Crippen molar-refractivity contribution in [3.63, 3.8) is 0 Å². The van der Waals surface area contributed by atoms with Crippen molar-refractivity contribution in [2.24, 2.45) is 0 Å². The summed E-state index contributed by atoms with van der Waals surface area (Å²) in [5, 5.41) is 0. The molecule has 6 heteroatoms. The quantitative estimate of drug-likeness (QED) is 0.590. The average molecular weight is 207 g/mol. The van der Waals surface area contributed by atoms with Crippen LogP contribution in [0.5, 0.6) is 0 Å². The number of sulfonamides is 1. The van der Waals surface area contributed by atoms with Crippen LogP contribution in [0.4, 0.5) is 0 Å². The number of ether oxygens (including phenoxy) is 1. The van der Waals surface area contributed by atoms with Crippen molar-refractivity contribution in [3.8, 4) is 0 Å². The standard InChI is InChI=1S/C7H13NO4S/c1-6-3-4-8(6)13(10,11)5-7(9)12-2/h6H,3-5H2,1-2H3/t6-/m0/s1. The van der Waals surface area contributed by atoms with Crippen molar-refractivity contribution in [3.05, 3.63) is 0 Å². The van der Waals surface area contributed by atoms with Gasteiger partial charge in [0.25, 0.3) is 0 Å². The first kappa shape index (κ1) is 10.5. The third-order valence-corrected chi connectivity index (χ3v) is 4.00. The van der Waals surface area contributed by atoms with Gasteiger partial charge in [-0.1, -0.05) is 0 Å². The molecule has 0 unspecified atom stereocenters. The molecule has 0 saturated carbocycles. The summed E-state index contributed by atoms with van der Waals surface area (Å²) >= 11 is 0. The van der Waals surface area contributed by atoms with Crippen molar-refractivity contribution in [1.82, 2.24) is 4.31 Å². The van der Waals surface area contributed by atoms with Gasteiger partial charge in [0.15, 0.2) is 5.75 Å². The van der Waals surface area contributed by atoms with Crippen LogP contribution in [0.2, 0.25) is 0 Å². The van der Waals surface area contributed by atoms with Gasteiger partial charge in [0.05, 0.1) is 7.11 Å². The van der Waals surface area contributed by atoms with Crippen molar-refractivity contribution in [1.29, 1.82) is 0 Å². The summed E-state index contributed by atoms with van der Waals surface area (Å²) in [5.41, 5.74) is 0. The highest BCUT2D eigenvalue weighted by molar-refractivity contribution is 7.89. The lowest BCUT2D eigenvalue weighted by molar-refractivity contribution is -0.137. The summed E-state index contributed by atoms with van der Waals surface area (Å²) in [6, 6.07) is 0.0228. The number of nitrogens with zero attached hydrogens (tertiary/aromatic N) is 1. The fourth-order valence-corrected chi connectivity index (χ4v) is 2.82. The average Bonchev–Trinajstić information content (AvgIpc) is 1.99. The van der Waals surface area contributed by atoms with E-state index >= 15 is 0 Å². The lowest BCUT2D eigenvalue weighted by atomic mass is 10.1. The highest BCUT2D eigenvalue weighted by Gasteiger charge is 2.35. The number of carbonyl (C=O) groups is 1. The molecule has 0 aromatic carbocycles. The van der Waals surface area contributed by atoms with Gasteiger partial charge in [-0.25, -0.2) is 8.42 Å². The molecular weight excluding hydrogens is 194 g/mol. The Morgan fingerprint density at radius 1 is 1.62 bits per heavy atom. The fourth-order valence-electron chi connectivity index (χ4n) is 1.20. The predicted molar refractivity (Wildman–Crippen MR) is 46.6 cm³/mol. The van der Waals surface area contributed by atoms with Gasteiger partial charge in [0, 0.05) is 12.6 Å². The maximum absolute atomic E-state index is 11.4. The van der Waals surface area contributed by atoms with Crippen molar-refractivity contribution < 1.29 is 17.9 Å². The maximum atomic E-state index is 11.4. The zero-order valence-corrected chi connectivity index (χ0v) is 8.50. The van der Waals surface area contributed by atoms with E-state index < -0.39 is 21.7 Å². The van der Waals surface area contributed by atoms with Gasteiger partial charge < -0.3 is 4.74 Å². The van der Waals surface area contributed by atoms with Crippen LogP contribution in [0.3, 0.4) is 0 Å². The van der Waals surface area contributed by atoms with Gasteiger partial charge in [-0.2, -0.15) is 4.31 Å². The molecule has 0 bridgehead atoms. The van der Waals surface area contributed by atoms with Gasteiger partial charge in [0.2, 0.25) is 10.0 Å². The first-order valence-electron chi connectivity index (χ1n) is 4.03. The Bertz CT molecular complexity index is 298. The number of rotatable bonds is 3. The number of carbonyl (C=O) groups excluding carboxylic acids is 1. The lowest BCUT2D eigenvalue weighted by Crippen LogP contribution is -2.50. The SMILES string of the molecule is COC(=O)CS(=O)(=O)N1CC[C@@H]1C. The molecule has 1 fully saturated rings. The Kier molecular flexibility index (Phi) is 2.92. The highest BCUT2D eigenvalue weighted by atomic mass is 32.2. The second kappa shape index (κ2) is 3.63. The largest absolute Gasteiger partial charge is 0.468 e. The molecule has 0 spiro atoms. The number of methoxy groups -OCH3 is 1. The molecule has 0 amide bonds. The molecule has 0 aromatic heterocycles. The highest BCUT2D eigenvalue weighted by Crippen LogP contribution is 2.20. The second-order valence-corrected chi connectivity index (χ2v) is 5.00.